The second kappa shape index (κ2) is 12.6. The first-order valence-electron chi connectivity index (χ1n) is 18.7. The highest BCUT2D eigenvalue weighted by molar-refractivity contribution is 6.14. The number of furan rings is 2. The molecule has 2 heterocycles. The average Bonchev–Trinajstić information content (AvgIpc) is 3.83. The van der Waals surface area contributed by atoms with Crippen LogP contribution in [-0.2, 0) is 0 Å². The molecule has 9 aromatic carbocycles. The van der Waals surface area contributed by atoms with Gasteiger partial charge in [0, 0.05) is 44.0 Å². The monoisotopic (exact) mass is 703 g/mol. The quantitative estimate of drug-likeness (QED) is 0.173. The van der Waals surface area contributed by atoms with Crippen molar-refractivity contribution in [2.75, 3.05) is 4.90 Å². The molecule has 0 unspecified atom stereocenters. The van der Waals surface area contributed by atoms with Gasteiger partial charge in [-0.25, -0.2) is 0 Å². The van der Waals surface area contributed by atoms with Gasteiger partial charge in [0.15, 0.2) is 5.58 Å². The molecule has 3 nitrogen and oxygen atoms in total. The molecule has 0 bridgehead atoms. The third-order valence-electron chi connectivity index (χ3n) is 10.9. The summed E-state index contributed by atoms with van der Waals surface area (Å²) in [6.07, 6.45) is 0. The fourth-order valence-electron chi connectivity index (χ4n) is 8.19. The van der Waals surface area contributed by atoms with E-state index >= 15 is 0 Å². The number of fused-ring (bicyclic) bond motifs is 7. The standard InChI is InChI=1S/C52H33NO2/c1-2-12-36(13-3-1)42-31-32-47-45-16-7-9-20-49(45)55-52(47)50(42)53(40-27-23-35(24-28-40)39-22-21-34-11-4-5-14-38(34)33-39)41-29-25-37(26-30-41)43-17-10-18-46-44-15-6-8-19-48(44)54-51(43)46/h1-33H. The summed E-state index contributed by atoms with van der Waals surface area (Å²) in [7, 11) is 0. The maximum absolute atomic E-state index is 6.82. The first-order chi connectivity index (χ1) is 27.3. The molecule has 0 aliphatic rings. The van der Waals surface area contributed by atoms with Crippen molar-refractivity contribution >= 4 is 71.7 Å². The fourth-order valence-corrected chi connectivity index (χ4v) is 8.19. The molecular weight excluding hydrogens is 671 g/mol. The van der Waals surface area contributed by atoms with E-state index in [0.717, 1.165) is 88.8 Å². The number of rotatable bonds is 6. The van der Waals surface area contributed by atoms with Gasteiger partial charge in [-0.3, -0.25) is 0 Å². The van der Waals surface area contributed by atoms with E-state index in [1.807, 2.05) is 18.2 Å². The van der Waals surface area contributed by atoms with Crippen molar-refractivity contribution in [1.29, 1.82) is 0 Å². The van der Waals surface area contributed by atoms with Gasteiger partial charge in [-0.1, -0.05) is 152 Å². The Morgan fingerprint density at radius 1 is 0.309 bits per heavy atom. The molecule has 0 fully saturated rings. The van der Waals surface area contributed by atoms with E-state index in [0.29, 0.717) is 0 Å². The van der Waals surface area contributed by atoms with E-state index in [1.165, 1.54) is 16.3 Å². The second-order valence-electron chi connectivity index (χ2n) is 14.1. The SMILES string of the molecule is c1ccc(-c2ccc3c(oc4ccccc43)c2N(c2ccc(-c3ccc4ccccc4c3)cc2)c2ccc(-c3cccc4c3oc3ccccc34)cc2)cc1. The van der Waals surface area contributed by atoms with Crippen LogP contribution in [0.3, 0.4) is 0 Å². The molecule has 0 saturated heterocycles. The zero-order valence-electron chi connectivity index (χ0n) is 29.8. The predicted octanol–water partition coefficient (Wildman–Crippen LogP) is 15.1. The molecule has 258 valence electrons. The number of hydrogen-bond acceptors (Lipinski definition) is 3. The van der Waals surface area contributed by atoms with Gasteiger partial charge in [-0.15, -0.1) is 0 Å². The van der Waals surface area contributed by atoms with Gasteiger partial charge >= 0.3 is 0 Å². The van der Waals surface area contributed by atoms with Gasteiger partial charge in [0.05, 0.1) is 5.69 Å². The minimum Gasteiger partial charge on any atom is -0.455 e. The summed E-state index contributed by atoms with van der Waals surface area (Å²) in [4.78, 5) is 2.35. The predicted molar refractivity (Wildman–Crippen MR) is 229 cm³/mol. The van der Waals surface area contributed by atoms with E-state index in [2.05, 4.69) is 187 Å². The smallest absolute Gasteiger partial charge is 0.160 e. The maximum Gasteiger partial charge on any atom is 0.160 e. The van der Waals surface area contributed by atoms with Crippen molar-refractivity contribution in [1.82, 2.24) is 0 Å². The lowest BCUT2D eigenvalue weighted by atomic mass is 9.97. The average molecular weight is 704 g/mol. The summed E-state index contributed by atoms with van der Waals surface area (Å²) in [6, 6.07) is 70.9. The molecular formula is C52H33NO2. The third kappa shape index (κ3) is 5.20. The van der Waals surface area contributed by atoms with Gasteiger partial charge in [0.2, 0.25) is 0 Å². The lowest BCUT2D eigenvalue weighted by Crippen LogP contribution is -2.11. The minimum atomic E-state index is 0.845. The molecule has 55 heavy (non-hydrogen) atoms. The minimum absolute atomic E-state index is 0.845. The number of hydrogen-bond donors (Lipinski definition) is 0. The van der Waals surface area contributed by atoms with Crippen molar-refractivity contribution in [3.63, 3.8) is 0 Å². The molecule has 0 aliphatic carbocycles. The summed E-state index contributed by atoms with van der Waals surface area (Å²) in [6.45, 7) is 0. The third-order valence-corrected chi connectivity index (χ3v) is 10.9. The zero-order valence-corrected chi connectivity index (χ0v) is 29.8. The number of para-hydroxylation sites is 3. The molecule has 0 saturated carbocycles. The summed E-state index contributed by atoms with van der Waals surface area (Å²) >= 11 is 0. The van der Waals surface area contributed by atoms with Crippen molar-refractivity contribution in [2.24, 2.45) is 0 Å². The molecule has 0 atom stereocenters. The summed E-state index contributed by atoms with van der Waals surface area (Å²) in [5.41, 5.74) is 13.2. The van der Waals surface area contributed by atoms with E-state index in [4.69, 9.17) is 8.83 Å². The Morgan fingerprint density at radius 3 is 1.58 bits per heavy atom. The van der Waals surface area contributed by atoms with Gasteiger partial charge < -0.3 is 13.7 Å². The van der Waals surface area contributed by atoms with Gasteiger partial charge in [-0.2, -0.15) is 0 Å². The van der Waals surface area contributed by atoms with Crippen LogP contribution in [0.5, 0.6) is 0 Å². The van der Waals surface area contributed by atoms with Crippen LogP contribution in [0.1, 0.15) is 0 Å². The van der Waals surface area contributed by atoms with Crippen LogP contribution in [0.15, 0.2) is 209 Å². The van der Waals surface area contributed by atoms with Crippen LogP contribution < -0.4 is 4.90 Å². The van der Waals surface area contributed by atoms with Gasteiger partial charge in [0.25, 0.3) is 0 Å². The lowest BCUT2D eigenvalue weighted by molar-refractivity contribution is 0.669. The van der Waals surface area contributed by atoms with Gasteiger partial charge in [-0.05, 0) is 81.6 Å². The molecule has 11 aromatic rings. The van der Waals surface area contributed by atoms with E-state index in [9.17, 15) is 0 Å². The topological polar surface area (TPSA) is 29.5 Å². The summed E-state index contributed by atoms with van der Waals surface area (Å²) < 4.78 is 13.3. The van der Waals surface area contributed by atoms with Crippen LogP contribution in [0.2, 0.25) is 0 Å². The van der Waals surface area contributed by atoms with Crippen LogP contribution in [-0.4, -0.2) is 0 Å². The molecule has 11 rings (SSSR count). The molecule has 0 amide bonds. The van der Waals surface area contributed by atoms with Crippen LogP contribution in [0, 0.1) is 0 Å². The largest absolute Gasteiger partial charge is 0.455 e. The van der Waals surface area contributed by atoms with Crippen molar-refractivity contribution in [2.45, 2.75) is 0 Å². The second-order valence-corrected chi connectivity index (χ2v) is 14.1. The summed E-state index contributed by atoms with van der Waals surface area (Å²) in [5.74, 6) is 0. The first-order valence-corrected chi connectivity index (χ1v) is 18.7. The Morgan fingerprint density at radius 2 is 0.855 bits per heavy atom. The molecule has 0 aliphatic heterocycles. The van der Waals surface area contributed by atoms with Crippen molar-refractivity contribution in [3.05, 3.63) is 200 Å². The van der Waals surface area contributed by atoms with Crippen LogP contribution in [0.4, 0.5) is 17.1 Å². The number of benzene rings is 9. The van der Waals surface area contributed by atoms with Crippen LogP contribution in [0.25, 0.3) is 88.0 Å². The highest BCUT2D eigenvalue weighted by atomic mass is 16.3. The van der Waals surface area contributed by atoms with Crippen molar-refractivity contribution in [3.8, 4) is 33.4 Å². The Bertz CT molecular complexity index is 3190. The molecule has 0 N–H and O–H groups in total. The Balaban J connectivity index is 1.11. The Kier molecular flexibility index (Phi) is 7.17. The maximum atomic E-state index is 6.82. The lowest BCUT2D eigenvalue weighted by Gasteiger charge is -2.28. The molecule has 0 radical (unpaired) electrons. The van der Waals surface area contributed by atoms with Crippen LogP contribution >= 0.6 is 0 Å². The Labute approximate surface area is 317 Å². The van der Waals surface area contributed by atoms with E-state index in [1.54, 1.807) is 0 Å². The van der Waals surface area contributed by atoms with Gasteiger partial charge in [0.1, 0.15) is 16.7 Å². The molecule has 0 spiro atoms. The van der Waals surface area contributed by atoms with Crippen molar-refractivity contribution < 1.29 is 8.83 Å². The zero-order chi connectivity index (χ0) is 36.3. The fraction of sp³-hybridized carbons (Fsp3) is 0. The van der Waals surface area contributed by atoms with E-state index in [-0.39, 0.29) is 0 Å². The number of anilines is 3. The van der Waals surface area contributed by atoms with E-state index < -0.39 is 0 Å². The molecule has 3 heteroatoms. The highest BCUT2D eigenvalue weighted by Gasteiger charge is 2.24. The first kappa shape index (κ1) is 31.2. The normalized spacial score (nSPS) is 11.6. The molecule has 2 aromatic heterocycles. The number of nitrogens with zero attached hydrogens (tertiary/aromatic N) is 1. The highest BCUT2D eigenvalue weighted by Crippen LogP contribution is 2.48. The Hall–Kier alpha value is -7.36. The summed E-state index contributed by atoms with van der Waals surface area (Å²) in [5, 5.41) is 6.89.